The molecule has 0 atom stereocenters. The van der Waals surface area contributed by atoms with Crippen molar-refractivity contribution in [2.75, 3.05) is 20.2 Å². The minimum Gasteiger partial charge on any atom is -0.496 e. The number of carbonyl (C=O) groups excluding carboxylic acids is 1. The van der Waals surface area contributed by atoms with Gasteiger partial charge in [-0.3, -0.25) is 4.79 Å². The van der Waals surface area contributed by atoms with Crippen molar-refractivity contribution in [2.24, 2.45) is 0 Å². The van der Waals surface area contributed by atoms with E-state index in [4.69, 9.17) is 4.74 Å². The van der Waals surface area contributed by atoms with Gasteiger partial charge in [-0.05, 0) is 41.8 Å². The van der Waals surface area contributed by atoms with Gasteiger partial charge in [0.25, 0.3) is 0 Å². The molecule has 1 aliphatic rings. The maximum absolute atomic E-state index is 12.8. The standard InChI is InChI=1S/C19H22BrNO2/c1-23-18-9-6-14-12-15(20)7-8-16(14)17(18)13-19(22)21-10-4-2-3-5-11-21/h6-9,12H,2-5,10-11,13H2,1H3. The molecule has 23 heavy (non-hydrogen) atoms. The fraction of sp³-hybridized carbons (Fsp3) is 0.421. The third-order valence-electron chi connectivity index (χ3n) is 4.56. The summed E-state index contributed by atoms with van der Waals surface area (Å²) in [5.41, 5.74) is 0.992. The Bertz CT molecular complexity index is 706. The van der Waals surface area contributed by atoms with Crippen molar-refractivity contribution in [3.8, 4) is 5.75 Å². The predicted octanol–water partition coefficient (Wildman–Crippen LogP) is 4.56. The average Bonchev–Trinajstić information content (AvgIpc) is 2.84. The minimum atomic E-state index is 0.209. The molecular weight excluding hydrogens is 354 g/mol. The molecule has 2 aromatic carbocycles. The first-order valence-electron chi connectivity index (χ1n) is 8.22. The Morgan fingerprint density at radius 3 is 2.57 bits per heavy atom. The van der Waals surface area contributed by atoms with E-state index < -0.39 is 0 Å². The smallest absolute Gasteiger partial charge is 0.227 e. The van der Waals surface area contributed by atoms with Crippen LogP contribution in [0.1, 0.15) is 31.2 Å². The number of halogens is 1. The lowest BCUT2D eigenvalue weighted by molar-refractivity contribution is -0.130. The second kappa shape index (κ2) is 7.35. The van der Waals surface area contributed by atoms with Crippen molar-refractivity contribution in [3.05, 3.63) is 40.4 Å². The molecule has 4 heteroatoms. The molecule has 1 heterocycles. The van der Waals surface area contributed by atoms with Crippen LogP contribution >= 0.6 is 15.9 Å². The number of rotatable bonds is 3. The van der Waals surface area contributed by atoms with Gasteiger partial charge in [0.05, 0.1) is 13.5 Å². The highest BCUT2D eigenvalue weighted by atomic mass is 79.9. The molecule has 0 unspecified atom stereocenters. The second-order valence-corrected chi connectivity index (χ2v) is 7.00. The number of carbonyl (C=O) groups is 1. The molecule has 1 fully saturated rings. The summed E-state index contributed by atoms with van der Waals surface area (Å²) >= 11 is 3.51. The molecular formula is C19H22BrNO2. The summed E-state index contributed by atoms with van der Waals surface area (Å²) in [4.78, 5) is 14.8. The van der Waals surface area contributed by atoms with Crippen molar-refractivity contribution >= 4 is 32.6 Å². The molecule has 0 N–H and O–H groups in total. The van der Waals surface area contributed by atoms with Gasteiger partial charge in [-0.2, -0.15) is 0 Å². The monoisotopic (exact) mass is 375 g/mol. The highest BCUT2D eigenvalue weighted by Gasteiger charge is 2.19. The molecule has 0 saturated carbocycles. The fourth-order valence-corrected chi connectivity index (χ4v) is 3.68. The van der Waals surface area contributed by atoms with E-state index in [1.807, 2.05) is 23.1 Å². The van der Waals surface area contributed by atoms with Crippen LogP contribution in [0, 0.1) is 0 Å². The summed E-state index contributed by atoms with van der Waals surface area (Å²) < 4.78 is 6.56. The van der Waals surface area contributed by atoms with E-state index >= 15 is 0 Å². The number of hydrogen-bond acceptors (Lipinski definition) is 2. The van der Waals surface area contributed by atoms with Crippen LogP contribution in [0.5, 0.6) is 5.75 Å². The number of amides is 1. The van der Waals surface area contributed by atoms with Crippen LogP contribution < -0.4 is 4.74 Å². The van der Waals surface area contributed by atoms with Crippen LogP contribution in [-0.4, -0.2) is 31.0 Å². The number of methoxy groups -OCH3 is 1. The van der Waals surface area contributed by atoms with Crippen molar-refractivity contribution in [3.63, 3.8) is 0 Å². The van der Waals surface area contributed by atoms with Gasteiger partial charge in [-0.1, -0.05) is 40.9 Å². The Morgan fingerprint density at radius 1 is 1.13 bits per heavy atom. The van der Waals surface area contributed by atoms with Gasteiger partial charge in [0.1, 0.15) is 5.75 Å². The molecule has 0 aromatic heterocycles. The SMILES string of the molecule is COc1ccc2cc(Br)ccc2c1CC(=O)N1CCCCCC1. The zero-order valence-corrected chi connectivity index (χ0v) is 15.1. The molecule has 2 aromatic rings. The van der Waals surface area contributed by atoms with Crippen molar-refractivity contribution in [1.82, 2.24) is 4.90 Å². The van der Waals surface area contributed by atoms with Crippen molar-refractivity contribution < 1.29 is 9.53 Å². The van der Waals surface area contributed by atoms with Crippen molar-refractivity contribution in [2.45, 2.75) is 32.1 Å². The number of ether oxygens (including phenoxy) is 1. The summed E-state index contributed by atoms with van der Waals surface area (Å²) in [6, 6.07) is 10.2. The fourth-order valence-electron chi connectivity index (χ4n) is 3.30. The van der Waals surface area contributed by atoms with E-state index in [1.165, 1.54) is 12.8 Å². The number of benzene rings is 2. The largest absolute Gasteiger partial charge is 0.496 e. The summed E-state index contributed by atoms with van der Waals surface area (Å²) in [5.74, 6) is 1.00. The molecule has 1 saturated heterocycles. The van der Waals surface area contributed by atoms with Gasteiger partial charge < -0.3 is 9.64 Å². The van der Waals surface area contributed by atoms with Crippen LogP contribution in [0.2, 0.25) is 0 Å². The van der Waals surface area contributed by atoms with E-state index in [-0.39, 0.29) is 5.91 Å². The second-order valence-electron chi connectivity index (χ2n) is 6.08. The van der Waals surface area contributed by atoms with Crippen molar-refractivity contribution in [1.29, 1.82) is 0 Å². The maximum atomic E-state index is 12.8. The van der Waals surface area contributed by atoms with Crippen LogP contribution in [0.25, 0.3) is 10.8 Å². The van der Waals surface area contributed by atoms with Gasteiger partial charge in [-0.15, -0.1) is 0 Å². The Hall–Kier alpha value is -1.55. The van der Waals surface area contributed by atoms with Gasteiger partial charge in [0, 0.05) is 23.1 Å². The summed E-state index contributed by atoms with van der Waals surface area (Å²) in [6.45, 7) is 1.77. The number of hydrogen-bond donors (Lipinski definition) is 0. The van der Waals surface area contributed by atoms with Gasteiger partial charge >= 0.3 is 0 Å². The van der Waals surface area contributed by atoms with Crippen LogP contribution in [0.4, 0.5) is 0 Å². The lowest BCUT2D eigenvalue weighted by atomic mass is 10.0. The molecule has 0 spiro atoms. The third kappa shape index (κ3) is 3.69. The first-order chi connectivity index (χ1) is 11.2. The summed E-state index contributed by atoms with van der Waals surface area (Å²) in [5, 5.41) is 2.22. The summed E-state index contributed by atoms with van der Waals surface area (Å²) in [6.07, 6.45) is 5.10. The highest BCUT2D eigenvalue weighted by Crippen LogP contribution is 2.31. The lowest BCUT2D eigenvalue weighted by Gasteiger charge is -2.21. The highest BCUT2D eigenvalue weighted by molar-refractivity contribution is 9.10. The first-order valence-corrected chi connectivity index (χ1v) is 9.01. The third-order valence-corrected chi connectivity index (χ3v) is 5.05. The normalized spacial score (nSPS) is 15.5. The van der Waals surface area contributed by atoms with Gasteiger partial charge in [-0.25, -0.2) is 0 Å². The Morgan fingerprint density at radius 2 is 1.87 bits per heavy atom. The topological polar surface area (TPSA) is 29.5 Å². The predicted molar refractivity (Wildman–Crippen MR) is 97.0 cm³/mol. The van der Waals surface area contributed by atoms with Crippen LogP contribution in [0.3, 0.4) is 0 Å². The zero-order chi connectivity index (χ0) is 16.2. The summed E-state index contributed by atoms with van der Waals surface area (Å²) in [7, 11) is 1.67. The van der Waals surface area contributed by atoms with E-state index in [9.17, 15) is 4.79 Å². The van der Waals surface area contributed by atoms with E-state index in [2.05, 4.69) is 28.1 Å². The van der Waals surface area contributed by atoms with Crippen LogP contribution in [0.15, 0.2) is 34.8 Å². The average molecular weight is 376 g/mol. The molecule has 0 radical (unpaired) electrons. The lowest BCUT2D eigenvalue weighted by Crippen LogP contribution is -2.33. The Labute approximate surface area is 145 Å². The molecule has 0 bridgehead atoms. The Balaban J connectivity index is 1.92. The van der Waals surface area contributed by atoms with E-state index in [0.717, 1.165) is 52.5 Å². The molecule has 1 aliphatic heterocycles. The molecule has 0 aliphatic carbocycles. The Kier molecular flexibility index (Phi) is 5.21. The molecule has 3 nitrogen and oxygen atoms in total. The van der Waals surface area contributed by atoms with Gasteiger partial charge in [0.15, 0.2) is 0 Å². The molecule has 3 rings (SSSR count). The van der Waals surface area contributed by atoms with Gasteiger partial charge in [0.2, 0.25) is 5.91 Å². The zero-order valence-electron chi connectivity index (χ0n) is 13.5. The quantitative estimate of drug-likeness (QED) is 0.786. The van der Waals surface area contributed by atoms with E-state index in [1.54, 1.807) is 7.11 Å². The number of likely N-dealkylation sites (tertiary alicyclic amines) is 1. The minimum absolute atomic E-state index is 0.209. The van der Waals surface area contributed by atoms with E-state index in [0.29, 0.717) is 6.42 Å². The number of nitrogens with zero attached hydrogens (tertiary/aromatic N) is 1. The van der Waals surface area contributed by atoms with Crippen LogP contribution in [-0.2, 0) is 11.2 Å². The maximum Gasteiger partial charge on any atom is 0.227 e. The number of fused-ring (bicyclic) bond motifs is 1. The molecule has 1 amide bonds. The molecule has 122 valence electrons. The first kappa shape index (κ1) is 16.3.